The van der Waals surface area contributed by atoms with Crippen LogP contribution in [0.4, 0.5) is 0 Å². The van der Waals surface area contributed by atoms with Crippen molar-refractivity contribution in [3.8, 4) is 11.3 Å². The van der Waals surface area contributed by atoms with Gasteiger partial charge in [0.05, 0.1) is 23.7 Å². The van der Waals surface area contributed by atoms with Crippen LogP contribution in [0, 0.1) is 6.92 Å². The van der Waals surface area contributed by atoms with Gasteiger partial charge in [0.2, 0.25) is 11.8 Å². The van der Waals surface area contributed by atoms with Crippen LogP contribution in [-0.2, 0) is 16.1 Å². The largest absolute Gasteiger partial charge is 0.481 e. The summed E-state index contributed by atoms with van der Waals surface area (Å²) in [5.41, 5.74) is 1.57. The summed E-state index contributed by atoms with van der Waals surface area (Å²) in [6, 6.07) is 7.20. The lowest BCUT2D eigenvalue weighted by Gasteiger charge is -2.01. The topological polar surface area (TPSA) is 92.4 Å². The van der Waals surface area contributed by atoms with Crippen LogP contribution in [0.2, 0.25) is 5.02 Å². The van der Waals surface area contributed by atoms with Crippen molar-refractivity contribution in [2.24, 2.45) is 0 Å². The molecule has 8 heteroatoms. The number of carbonyl (C=O) groups excluding carboxylic acids is 1. The molecule has 0 fully saturated rings. The molecule has 122 valence electrons. The number of nitrogens with zero attached hydrogens (tertiary/aromatic N) is 1. The van der Waals surface area contributed by atoms with Crippen LogP contribution in [0.3, 0.4) is 0 Å². The zero-order chi connectivity index (χ0) is 16.8. The quantitative estimate of drug-likeness (QED) is 0.794. The number of thioether (sulfide) groups is 1. The summed E-state index contributed by atoms with van der Waals surface area (Å²) >= 11 is 6.89. The highest BCUT2D eigenvalue weighted by atomic mass is 35.5. The first-order valence-corrected chi connectivity index (χ1v) is 8.27. The summed E-state index contributed by atoms with van der Waals surface area (Å²) in [6.07, 6.45) is 0. The lowest BCUT2D eigenvalue weighted by atomic mass is 10.1. The number of aliphatic carboxylic acids is 1. The van der Waals surface area contributed by atoms with Crippen LogP contribution in [0.15, 0.2) is 28.7 Å². The molecule has 0 atom stereocenters. The van der Waals surface area contributed by atoms with Gasteiger partial charge in [-0.25, -0.2) is 4.98 Å². The third kappa shape index (κ3) is 5.30. The van der Waals surface area contributed by atoms with Crippen molar-refractivity contribution in [1.82, 2.24) is 10.3 Å². The SMILES string of the molecule is Cc1nc(CNC(=O)CSCC(=O)O)oc1-c1ccc(Cl)cc1. The van der Waals surface area contributed by atoms with Gasteiger partial charge in [-0.15, -0.1) is 11.8 Å². The number of oxazole rings is 1. The van der Waals surface area contributed by atoms with Crippen molar-refractivity contribution in [2.45, 2.75) is 13.5 Å². The van der Waals surface area contributed by atoms with Crippen molar-refractivity contribution in [1.29, 1.82) is 0 Å². The normalized spacial score (nSPS) is 10.5. The van der Waals surface area contributed by atoms with Crippen molar-refractivity contribution in [2.75, 3.05) is 11.5 Å². The van der Waals surface area contributed by atoms with Gasteiger partial charge in [0.1, 0.15) is 0 Å². The molecule has 0 bridgehead atoms. The van der Waals surface area contributed by atoms with E-state index >= 15 is 0 Å². The van der Waals surface area contributed by atoms with Crippen LogP contribution in [0.25, 0.3) is 11.3 Å². The highest BCUT2D eigenvalue weighted by Gasteiger charge is 2.12. The molecule has 1 aromatic carbocycles. The molecule has 2 rings (SSSR count). The first-order valence-electron chi connectivity index (χ1n) is 6.74. The maximum Gasteiger partial charge on any atom is 0.313 e. The Morgan fingerprint density at radius 2 is 2.00 bits per heavy atom. The van der Waals surface area contributed by atoms with E-state index in [9.17, 15) is 9.59 Å². The average molecular weight is 355 g/mol. The molecule has 0 spiro atoms. The average Bonchev–Trinajstić information content (AvgIpc) is 2.87. The van der Waals surface area contributed by atoms with Gasteiger partial charge >= 0.3 is 5.97 Å². The van der Waals surface area contributed by atoms with E-state index in [1.807, 2.05) is 19.1 Å². The molecular formula is C15H15ClN2O4S. The van der Waals surface area contributed by atoms with E-state index in [0.717, 1.165) is 23.0 Å². The predicted molar refractivity (Wildman–Crippen MR) is 88.5 cm³/mol. The van der Waals surface area contributed by atoms with Gasteiger partial charge in [0, 0.05) is 10.6 Å². The Hall–Kier alpha value is -1.99. The monoisotopic (exact) mass is 354 g/mol. The predicted octanol–water partition coefficient (Wildman–Crippen LogP) is 2.74. The number of amides is 1. The van der Waals surface area contributed by atoms with Gasteiger partial charge in [0.25, 0.3) is 0 Å². The second-order valence-corrected chi connectivity index (χ2v) is 6.11. The lowest BCUT2D eigenvalue weighted by molar-refractivity contribution is -0.133. The molecule has 6 nitrogen and oxygen atoms in total. The molecule has 2 aromatic rings. The van der Waals surface area contributed by atoms with Crippen LogP contribution in [0.1, 0.15) is 11.6 Å². The number of halogens is 1. The fraction of sp³-hybridized carbons (Fsp3) is 0.267. The molecule has 0 aliphatic heterocycles. The molecule has 0 aliphatic carbocycles. The standard InChI is InChI=1S/C15H15ClN2O4S/c1-9-15(10-2-4-11(16)5-3-10)22-13(18-9)6-17-12(19)7-23-8-14(20)21/h2-5H,6-8H2,1H3,(H,17,19)(H,20,21). The van der Waals surface area contributed by atoms with Crippen molar-refractivity contribution >= 4 is 35.2 Å². The molecule has 0 aliphatic rings. The molecule has 23 heavy (non-hydrogen) atoms. The van der Waals surface area contributed by atoms with Crippen molar-refractivity contribution in [3.05, 3.63) is 40.9 Å². The van der Waals surface area contributed by atoms with Crippen LogP contribution < -0.4 is 5.32 Å². The van der Waals surface area contributed by atoms with Gasteiger partial charge in [0.15, 0.2) is 5.76 Å². The Morgan fingerprint density at radius 1 is 1.30 bits per heavy atom. The van der Waals surface area contributed by atoms with Crippen molar-refractivity contribution in [3.63, 3.8) is 0 Å². The third-order valence-electron chi connectivity index (χ3n) is 2.84. The zero-order valence-corrected chi connectivity index (χ0v) is 13.9. The molecule has 0 saturated heterocycles. The number of benzene rings is 1. The van der Waals surface area contributed by atoms with Crippen LogP contribution >= 0.6 is 23.4 Å². The first-order chi connectivity index (χ1) is 11.0. The minimum absolute atomic E-state index is 0.0794. The Balaban J connectivity index is 1.92. The second kappa shape index (κ2) is 8.03. The maximum absolute atomic E-state index is 11.6. The van der Waals surface area contributed by atoms with Crippen LogP contribution in [0.5, 0.6) is 0 Å². The van der Waals surface area contributed by atoms with E-state index in [0.29, 0.717) is 16.7 Å². The van der Waals surface area contributed by atoms with E-state index in [-0.39, 0.29) is 24.0 Å². The van der Waals surface area contributed by atoms with Gasteiger partial charge < -0.3 is 14.8 Å². The van der Waals surface area contributed by atoms with Gasteiger partial charge in [-0.1, -0.05) is 11.6 Å². The minimum atomic E-state index is -0.946. The number of aromatic nitrogens is 1. The highest BCUT2D eigenvalue weighted by molar-refractivity contribution is 8.00. The number of carboxylic acids is 1. The Kier molecular flexibility index (Phi) is 6.06. The Labute approximate surface area is 142 Å². The van der Waals surface area contributed by atoms with Gasteiger partial charge in [-0.2, -0.15) is 0 Å². The molecular weight excluding hydrogens is 340 g/mol. The number of hydrogen-bond donors (Lipinski definition) is 2. The molecule has 1 aromatic heterocycles. The summed E-state index contributed by atoms with van der Waals surface area (Å²) in [5, 5.41) is 11.8. The van der Waals surface area contributed by atoms with Crippen molar-refractivity contribution < 1.29 is 19.1 Å². The summed E-state index contributed by atoms with van der Waals surface area (Å²) in [4.78, 5) is 26.2. The van der Waals surface area contributed by atoms with E-state index < -0.39 is 5.97 Å². The summed E-state index contributed by atoms with van der Waals surface area (Å²) in [5.74, 6) is -0.212. The fourth-order valence-electron chi connectivity index (χ4n) is 1.85. The van der Waals surface area contributed by atoms with E-state index in [1.165, 1.54) is 0 Å². The summed E-state index contributed by atoms with van der Waals surface area (Å²) in [6.45, 7) is 1.97. The van der Waals surface area contributed by atoms with E-state index in [1.54, 1.807) is 12.1 Å². The minimum Gasteiger partial charge on any atom is -0.481 e. The zero-order valence-electron chi connectivity index (χ0n) is 12.3. The molecule has 0 radical (unpaired) electrons. The smallest absolute Gasteiger partial charge is 0.313 e. The number of carboxylic acid groups (broad SMARTS) is 1. The molecule has 1 heterocycles. The lowest BCUT2D eigenvalue weighted by Crippen LogP contribution is -2.25. The van der Waals surface area contributed by atoms with E-state index in [2.05, 4.69) is 10.3 Å². The number of rotatable bonds is 7. The number of nitrogens with one attached hydrogen (secondary N) is 1. The van der Waals surface area contributed by atoms with E-state index in [4.69, 9.17) is 21.1 Å². The number of aryl methyl sites for hydroxylation is 1. The fourth-order valence-corrected chi connectivity index (χ4v) is 2.54. The molecule has 0 saturated carbocycles. The molecule has 2 N–H and O–H groups in total. The highest BCUT2D eigenvalue weighted by Crippen LogP contribution is 2.25. The maximum atomic E-state index is 11.6. The Bertz CT molecular complexity index is 700. The van der Waals surface area contributed by atoms with Gasteiger partial charge in [-0.3, -0.25) is 9.59 Å². The second-order valence-electron chi connectivity index (χ2n) is 4.69. The Morgan fingerprint density at radius 3 is 2.65 bits per heavy atom. The summed E-state index contributed by atoms with van der Waals surface area (Å²) in [7, 11) is 0. The van der Waals surface area contributed by atoms with Gasteiger partial charge in [-0.05, 0) is 31.2 Å². The molecule has 0 unspecified atom stereocenters. The molecule has 1 amide bonds. The number of carbonyl (C=O) groups is 2. The summed E-state index contributed by atoms with van der Waals surface area (Å²) < 4.78 is 5.66. The third-order valence-corrected chi connectivity index (χ3v) is 4.01. The number of hydrogen-bond acceptors (Lipinski definition) is 5. The first kappa shape index (κ1) is 17.4. The van der Waals surface area contributed by atoms with Crippen LogP contribution in [-0.4, -0.2) is 33.5 Å².